The lowest BCUT2D eigenvalue weighted by Gasteiger charge is -2.23. The Labute approximate surface area is 180 Å². The first-order chi connectivity index (χ1) is 14.4. The van der Waals surface area contributed by atoms with Crippen LogP contribution in [-0.2, 0) is 43.6 Å². The second-order valence-electron chi connectivity index (χ2n) is 9.03. The van der Waals surface area contributed by atoms with Crippen LogP contribution < -0.4 is 10.0 Å². The minimum Gasteiger partial charge on any atom is -0.586 e. The first-order valence-corrected chi connectivity index (χ1v) is 12.0. The van der Waals surface area contributed by atoms with Crippen LogP contribution >= 0.6 is 0 Å². The number of benzene rings is 1. The van der Waals surface area contributed by atoms with Gasteiger partial charge in [-0.05, 0) is 87.7 Å². The Kier molecular flexibility index (Phi) is 5.03. The van der Waals surface area contributed by atoms with Gasteiger partial charge in [0.2, 0.25) is 0 Å². The van der Waals surface area contributed by atoms with Crippen LogP contribution in [-0.4, -0.2) is 44.9 Å². The van der Waals surface area contributed by atoms with E-state index in [0.717, 1.165) is 63.6 Å². The van der Waals surface area contributed by atoms with Crippen molar-refractivity contribution in [2.75, 3.05) is 19.4 Å². The van der Waals surface area contributed by atoms with Crippen molar-refractivity contribution in [3.8, 4) is 0 Å². The van der Waals surface area contributed by atoms with E-state index in [2.05, 4.69) is 40.2 Å². The molecule has 1 fully saturated rings. The molecule has 0 aliphatic heterocycles. The predicted octanol–water partition coefficient (Wildman–Crippen LogP) is 2.80. The summed E-state index contributed by atoms with van der Waals surface area (Å²) in [6.45, 7) is 0.770. The summed E-state index contributed by atoms with van der Waals surface area (Å²) in [4.78, 5) is 14.9. The third-order valence-corrected chi connectivity index (χ3v) is 7.90. The second-order valence-corrected chi connectivity index (χ2v) is 10.2. The van der Waals surface area contributed by atoms with Crippen molar-refractivity contribution in [2.45, 2.75) is 68.5 Å². The molecule has 1 atom stereocenters. The number of aryl methyl sites for hydroxylation is 2. The highest BCUT2D eigenvalue weighted by molar-refractivity contribution is 7.90. The summed E-state index contributed by atoms with van der Waals surface area (Å²) in [5, 5.41) is 7.85. The van der Waals surface area contributed by atoms with Crippen molar-refractivity contribution < 1.29 is 9.35 Å². The molecule has 0 bridgehead atoms. The van der Waals surface area contributed by atoms with Gasteiger partial charge < -0.3 is 14.8 Å². The first-order valence-electron chi connectivity index (χ1n) is 10.8. The number of hydrogen-bond acceptors (Lipinski definition) is 4. The zero-order valence-corrected chi connectivity index (χ0v) is 18.5. The van der Waals surface area contributed by atoms with E-state index in [0.29, 0.717) is 5.03 Å². The van der Waals surface area contributed by atoms with E-state index in [1.165, 1.54) is 22.3 Å². The van der Waals surface area contributed by atoms with Gasteiger partial charge in [-0.1, -0.05) is 6.07 Å². The molecule has 0 spiro atoms. The van der Waals surface area contributed by atoms with Crippen molar-refractivity contribution >= 4 is 23.1 Å². The van der Waals surface area contributed by atoms with E-state index in [4.69, 9.17) is 0 Å². The summed E-state index contributed by atoms with van der Waals surface area (Å²) < 4.78 is 17.1. The van der Waals surface area contributed by atoms with Crippen LogP contribution in [0.15, 0.2) is 23.4 Å². The van der Waals surface area contributed by atoms with Crippen molar-refractivity contribution in [3.05, 3.63) is 40.6 Å². The van der Waals surface area contributed by atoms with Crippen molar-refractivity contribution in [1.29, 1.82) is 0 Å². The molecule has 5 rings (SSSR count). The summed E-state index contributed by atoms with van der Waals surface area (Å²) >= 11 is -1.69. The summed E-state index contributed by atoms with van der Waals surface area (Å²) in [7, 11) is 4.16. The molecule has 8 heteroatoms. The molecule has 2 N–H and O–H groups in total. The van der Waals surface area contributed by atoms with Gasteiger partial charge in [0.25, 0.3) is 5.03 Å². The van der Waals surface area contributed by atoms with Crippen LogP contribution in [0.5, 0.6) is 0 Å². The Morgan fingerprint density at radius 1 is 1.20 bits per heavy atom. The molecule has 2 aromatic rings. The quantitative estimate of drug-likeness (QED) is 0.694. The molecular weight excluding hydrogens is 398 g/mol. The number of hydrogen-bond donors (Lipinski definition) is 2. The number of urea groups is 1. The molecule has 0 saturated heterocycles. The van der Waals surface area contributed by atoms with E-state index in [-0.39, 0.29) is 5.54 Å². The summed E-state index contributed by atoms with van der Waals surface area (Å²) in [6.07, 6.45) is 10.5. The number of anilines is 1. The number of carbonyl (C=O) groups excluding carboxylic acids is 1. The third kappa shape index (κ3) is 3.61. The molecule has 3 aliphatic rings. The molecule has 7 nitrogen and oxygen atoms in total. The Balaban J connectivity index is 1.26. The van der Waals surface area contributed by atoms with E-state index in [1.807, 2.05) is 10.9 Å². The molecular formula is C22H29N5O2S. The largest absolute Gasteiger partial charge is 0.586 e. The van der Waals surface area contributed by atoms with Gasteiger partial charge in [0.1, 0.15) is 11.4 Å². The number of amides is 2. The molecule has 0 radical (unpaired) electrons. The Bertz CT molecular complexity index is 950. The molecule has 160 valence electrons. The number of rotatable bonds is 6. The van der Waals surface area contributed by atoms with E-state index >= 15 is 0 Å². The van der Waals surface area contributed by atoms with Gasteiger partial charge in [-0.3, -0.25) is 4.68 Å². The fourth-order valence-electron chi connectivity index (χ4n) is 4.97. The van der Waals surface area contributed by atoms with Crippen LogP contribution in [0.25, 0.3) is 0 Å². The Morgan fingerprint density at radius 3 is 2.47 bits per heavy atom. The average Bonchev–Trinajstić information content (AvgIpc) is 3.10. The monoisotopic (exact) mass is 427 g/mol. The van der Waals surface area contributed by atoms with Crippen molar-refractivity contribution in [3.63, 3.8) is 0 Å². The number of nitrogens with zero attached hydrogens (tertiary/aromatic N) is 3. The highest BCUT2D eigenvalue weighted by Crippen LogP contribution is 2.41. The van der Waals surface area contributed by atoms with Gasteiger partial charge >= 0.3 is 6.03 Å². The normalized spacial score (nSPS) is 19.5. The fraction of sp³-hybridized carbons (Fsp3) is 0.545. The minimum absolute atomic E-state index is 0.156. The Morgan fingerprint density at radius 2 is 1.87 bits per heavy atom. The molecule has 1 heterocycles. The molecule has 1 aromatic carbocycles. The second kappa shape index (κ2) is 7.59. The number of carbonyl (C=O) groups is 1. The summed E-state index contributed by atoms with van der Waals surface area (Å²) in [6, 6.07) is 3.63. The smallest absolute Gasteiger partial charge is 0.361 e. The molecule has 1 aromatic heterocycles. The fourth-order valence-corrected chi connectivity index (χ4v) is 5.65. The zero-order valence-electron chi connectivity index (χ0n) is 17.7. The van der Waals surface area contributed by atoms with E-state index < -0.39 is 17.4 Å². The lowest BCUT2D eigenvalue weighted by molar-refractivity contribution is 0.233. The molecule has 30 heavy (non-hydrogen) atoms. The zero-order chi connectivity index (χ0) is 20.9. The molecule has 1 saturated carbocycles. The molecule has 1 unspecified atom stereocenters. The SMILES string of the molecule is CN(C)C1(Cn2ccc([S+]([O-])NC(=O)Nc3c4c(cc5c3CCC5)CCC4)n2)CC1. The van der Waals surface area contributed by atoms with Crippen LogP contribution in [0, 0.1) is 0 Å². The van der Waals surface area contributed by atoms with E-state index in [9.17, 15) is 9.35 Å². The highest BCUT2D eigenvalue weighted by Gasteiger charge is 2.45. The maximum atomic E-state index is 12.7. The lowest BCUT2D eigenvalue weighted by atomic mass is 9.99. The standard InChI is InChI=1S/C22H29N5O2S/c1-26(2)22(10-11-22)14-27-12-9-19(24-27)30(29)25-21(28)23-20-17-7-3-5-15(17)13-16-6-4-8-18(16)20/h9,12-13H,3-8,10-11,14H2,1-2H3,(H2,23,25,28). The highest BCUT2D eigenvalue weighted by atomic mass is 32.2. The molecule has 3 aliphatic carbocycles. The van der Waals surface area contributed by atoms with E-state index in [1.54, 1.807) is 6.07 Å². The number of likely N-dealkylation sites (N-methyl/N-ethyl adjacent to an activating group) is 1. The number of nitrogens with one attached hydrogen (secondary N) is 2. The summed E-state index contributed by atoms with van der Waals surface area (Å²) in [5.41, 5.74) is 6.36. The van der Waals surface area contributed by atoms with Gasteiger partial charge in [0.05, 0.1) is 6.54 Å². The first kappa shape index (κ1) is 19.9. The third-order valence-electron chi connectivity index (χ3n) is 6.94. The van der Waals surface area contributed by atoms with Crippen molar-refractivity contribution in [2.24, 2.45) is 0 Å². The van der Waals surface area contributed by atoms with Gasteiger partial charge in [0, 0.05) is 23.5 Å². The van der Waals surface area contributed by atoms with Crippen LogP contribution in [0.1, 0.15) is 47.9 Å². The summed E-state index contributed by atoms with van der Waals surface area (Å²) in [5.74, 6) is 0. The van der Waals surface area contributed by atoms with Crippen molar-refractivity contribution in [1.82, 2.24) is 19.4 Å². The van der Waals surface area contributed by atoms with Gasteiger partial charge in [-0.2, -0.15) is 0 Å². The predicted molar refractivity (Wildman–Crippen MR) is 117 cm³/mol. The maximum absolute atomic E-state index is 12.7. The van der Waals surface area contributed by atoms with Crippen LogP contribution in [0.3, 0.4) is 0 Å². The van der Waals surface area contributed by atoms with Gasteiger partial charge in [-0.25, -0.2) is 4.79 Å². The maximum Gasteiger partial charge on any atom is 0.361 e. The minimum atomic E-state index is -1.69. The average molecular weight is 428 g/mol. The van der Waals surface area contributed by atoms with Crippen LogP contribution in [0.2, 0.25) is 0 Å². The lowest BCUT2D eigenvalue weighted by Crippen LogP contribution is -2.36. The van der Waals surface area contributed by atoms with Gasteiger partial charge in [-0.15, -0.1) is 9.82 Å². The van der Waals surface area contributed by atoms with Crippen LogP contribution in [0.4, 0.5) is 10.5 Å². The number of aromatic nitrogens is 2. The molecule has 2 amide bonds. The number of fused-ring (bicyclic) bond motifs is 2. The Hall–Kier alpha value is -2.03. The van der Waals surface area contributed by atoms with Gasteiger partial charge in [0.15, 0.2) is 0 Å². The topological polar surface area (TPSA) is 85.2 Å².